The van der Waals surface area contributed by atoms with E-state index < -0.39 is 0 Å². The lowest BCUT2D eigenvalue weighted by molar-refractivity contribution is -0.142. The van der Waals surface area contributed by atoms with E-state index in [1.165, 1.54) is 0 Å². The summed E-state index contributed by atoms with van der Waals surface area (Å²) in [6.45, 7) is 3.35. The number of nitrogens with zero attached hydrogens (tertiary/aromatic N) is 5. The van der Waals surface area contributed by atoms with Crippen molar-refractivity contribution < 1.29 is 14.3 Å². The molecule has 2 atom stereocenters. The van der Waals surface area contributed by atoms with Crippen molar-refractivity contribution >= 4 is 11.9 Å². The van der Waals surface area contributed by atoms with E-state index in [0.29, 0.717) is 31.9 Å². The van der Waals surface area contributed by atoms with E-state index in [1.54, 1.807) is 9.58 Å². The van der Waals surface area contributed by atoms with E-state index in [2.05, 4.69) is 15.5 Å². The molecule has 24 heavy (non-hydrogen) atoms. The number of aryl methyl sites for hydroxylation is 1. The molecular formula is C16H17N5O3. The van der Waals surface area contributed by atoms with Crippen LogP contribution in [0.1, 0.15) is 11.4 Å². The number of tetrazole rings is 1. The number of hydrogen-bond donors (Lipinski definition) is 0. The van der Waals surface area contributed by atoms with Crippen molar-refractivity contribution in [2.75, 3.05) is 19.7 Å². The molecule has 0 saturated carbocycles. The Morgan fingerprint density at radius 1 is 1.29 bits per heavy atom. The fraction of sp³-hybridized carbons (Fsp3) is 0.438. The lowest BCUT2D eigenvalue weighted by Crippen LogP contribution is -2.32. The number of esters is 1. The highest BCUT2D eigenvalue weighted by Crippen LogP contribution is 2.30. The quantitative estimate of drug-likeness (QED) is 0.745. The summed E-state index contributed by atoms with van der Waals surface area (Å²) in [4.78, 5) is 25.8. The molecule has 124 valence electrons. The number of benzene rings is 1. The molecule has 2 aliphatic heterocycles. The van der Waals surface area contributed by atoms with Gasteiger partial charge in [0.15, 0.2) is 5.82 Å². The third-order valence-corrected chi connectivity index (χ3v) is 4.70. The Bertz CT molecular complexity index is 785. The van der Waals surface area contributed by atoms with Crippen LogP contribution in [0.15, 0.2) is 24.3 Å². The van der Waals surface area contributed by atoms with Crippen molar-refractivity contribution in [3.05, 3.63) is 35.7 Å². The molecule has 8 nitrogen and oxygen atoms in total. The predicted molar refractivity (Wildman–Crippen MR) is 82.1 cm³/mol. The Morgan fingerprint density at radius 3 is 2.75 bits per heavy atom. The van der Waals surface area contributed by atoms with E-state index in [9.17, 15) is 9.59 Å². The van der Waals surface area contributed by atoms with Crippen LogP contribution >= 0.6 is 0 Å². The van der Waals surface area contributed by atoms with Crippen molar-refractivity contribution in [2.24, 2.45) is 11.8 Å². The average molecular weight is 327 g/mol. The van der Waals surface area contributed by atoms with Crippen molar-refractivity contribution in [1.82, 2.24) is 25.1 Å². The van der Waals surface area contributed by atoms with Crippen LogP contribution in [0.4, 0.5) is 0 Å². The first-order valence-corrected chi connectivity index (χ1v) is 7.90. The highest BCUT2D eigenvalue weighted by molar-refractivity contribution is 5.82. The molecule has 0 aliphatic carbocycles. The molecule has 2 fully saturated rings. The van der Waals surface area contributed by atoms with Gasteiger partial charge in [-0.15, -0.1) is 5.10 Å². The first-order chi connectivity index (χ1) is 11.6. The summed E-state index contributed by atoms with van der Waals surface area (Å²) in [6.07, 6.45) is 0.323. The van der Waals surface area contributed by atoms with Gasteiger partial charge in [-0.05, 0) is 35.0 Å². The lowest BCUT2D eigenvalue weighted by Gasteiger charge is -2.17. The maximum absolute atomic E-state index is 12.5. The Balaban J connectivity index is 1.41. The number of hydrogen-bond acceptors (Lipinski definition) is 6. The minimum atomic E-state index is -0.170. The van der Waals surface area contributed by atoms with Crippen LogP contribution in [-0.4, -0.2) is 56.7 Å². The number of carbonyl (C=O) groups is 2. The van der Waals surface area contributed by atoms with Gasteiger partial charge in [0, 0.05) is 19.0 Å². The van der Waals surface area contributed by atoms with E-state index in [1.807, 2.05) is 31.2 Å². The zero-order valence-electron chi connectivity index (χ0n) is 13.3. The normalized spacial score (nSPS) is 22.5. The molecule has 0 bridgehead atoms. The van der Waals surface area contributed by atoms with Gasteiger partial charge in [-0.1, -0.05) is 12.1 Å². The molecule has 2 aromatic rings. The highest BCUT2D eigenvalue weighted by atomic mass is 16.5. The number of carbonyl (C=O) groups excluding carboxylic acids is 2. The van der Waals surface area contributed by atoms with E-state index in [-0.39, 0.29) is 23.7 Å². The molecule has 2 aliphatic rings. The summed E-state index contributed by atoms with van der Waals surface area (Å²) in [5, 5.41) is 11.4. The Morgan fingerprint density at radius 2 is 2.08 bits per heavy atom. The van der Waals surface area contributed by atoms with E-state index in [4.69, 9.17) is 4.74 Å². The number of amides is 1. The molecule has 0 N–H and O–H groups in total. The largest absolute Gasteiger partial charge is 0.465 e. The zero-order valence-corrected chi connectivity index (χ0v) is 13.3. The van der Waals surface area contributed by atoms with Crippen LogP contribution in [-0.2, 0) is 20.7 Å². The number of likely N-dealkylation sites (tertiary alicyclic amines) is 1. The average Bonchev–Trinajstić information content (AvgIpc) is 3.26. The van der Waals surface area contributed by atoms with Gasteiger partial charge in [-0.2, -0.15) is 4.68 Å². The maximum Gasteiger partial charge on any atom is 0.311 e. The molecule has 8 heteroatoms. The minimum absolute atomic E-state index is 0.0450. The van der Waals surface area contributed by atoms with Gasteiger partial charge in [0.25, 0.3) is 0 Å². The zero-order chi connectivity index (χ0) is 16.7. The van der Waals surface area contributed by atoms with Gasteiger partial charge in [-0.3, -0.25) is 9.59 Å². The second-order valence-corrected chi connectivity index (χ2v) is 6.28. The Labute approximate surface area is 138 Å². The number of ether oxygens (including phenoxy) is 1. The molecule has 3 heterocycles. The van der Waals surface area contributed by atoms with Crippen LogP contribution in [0, 0.1) is 18.8 Å². The summed E-state index contributed by atoms with van der Waals surface area (Å²) in [7, 11) is 0. The maximum atomic E-state index is 12.5. The first kappa shape index (κ1) is 14.8. The van der Waals surface area contributed by atoms with Crippen LogP contribution in [0.25, 0.3) is 5.69 Å². The van der Waals surface area contributed by atoms with Crippen molar-refractivity contribution in [3.8, 4) is 5.69 Å². The molecule has 1 aromatic heterocycles. The van der Waals surface area contributed by atoms with Gasteiger partial charge >= 0.3 is 5.97 Å². The molecule has 1 amide bonds. The van der Waals surface area contributed by atoms with Gasteiger partial charge in [0.1, 0.15) is 0 Å². The number of fused-ring (bicyclic) bond motifs is 1. The van der Waals surface area contributed by atoms with Gasteiger partial charge in [0.2, 0.25) is 5.91 Å². The Kier molecular flexibility index (Phi) is 3.51. The smallest absolute Gasteiger partial charge is 0.311 e. The fourth-order valence-electron chi connectivity index (χ4n) is 3.32. The Hall–Kier alpha value is -2.77. The summed E-state index contributed by atoms with van der Waals surface area (Å²) in [6, 6.07) is 7.59. The van der Waals surface area contributed by atoms with Gasteiger partial charge in [-0.25, -0.2) is 0 Å². The van der Waals surface area contributed by atoms with Crippen molar-refractivity contribution in [3.63, 3.8) is 0 Å². The van der Waals surface area contributed by atoms with Crippen LogP contribution < -0.4 is 0 Å². The summed E-state index contributed by atoms with van der Waals surface area (Å²) < 4.78 is 6.67. The van der Waals surface area contributed by atoms with Gasteiger partial charge < -0.3 is 9.64 Å². The summed E-state index contributed by atoms with van der Waals surface area (Å²) in [5.74, 6) is 0.597. The van der Waals surface area contributed by atoms with Crippen LogP contribution in [0.3, 0.4) is 0 Å². The SMILES string of the molecule is Cc1nnnn1-c1ccc(CC(=O)N2C[C@@H]3COC(=O)[C@@H]3C2)cc1. The first-order valence-electron chi connectivity index (χ1n) is 7.90. The van der Waals surface area contributed by atoms with Crippen LogP contribution in [0.5, 0.6) is 0 Å². The third-order valence-electron chi connectivity index (χ3n) is 4.70. The molecule has 0 unspecified atom stereocenters. The highest BCUT2D eigenvalue weighted by Gasteiger charge is 2.45. The number of rotatable bonds is 3. The van der Waals surface area contributed by atoms with E-state index >= 15 is 0 Å². The second-order valence-electron chi connectivity index (χ2n) is 6.28. The second kappa shape index (κ2) is 5.70. The number of cyclic esters (lactones) is 1. The molecule has 1 aromatic carbocycles. The standard InChI is InChI=1S/C16H17N5O3/c1-10-17-18-19-21(10)13-4-2-11(3-5-13)6-15(22)20-7-12-9-24-16(23)14(12)8-20/h2-5,12,14H,6-9H2,1H3/t12-,14-/m1/s1. The van der Waals surface area contributed by atoms with E-state index in [0.717, 1.165) is 11.3 Å². The molecular weight excluding hydrogens is 310 g/mol. The molecule has 0 radical (unpaired) electrons. The summed E-state index contributed by atoms with van der Waals surface area (Å²) >= 11 is 0. The predicted octanol–water partition coefficient (Wildman–Crippen LogP) is 0.145. The number of aromatic nitrogens is 4. The van der Waals surface area contributed by atoms with Crippen LogP contribution in [0.2, 0.25) is 0 Å². The molecule has 4 rings (SSSR count). The third kappa shape index (κ3) is 2.53. The van der Waals surface area contributed by atoms with Crippen molar-refractivity contribution in [1.29, 1.82) is 0 Å². The summed E-state index contributed by atoms with van der Waals surface area (Å²) in [5.41, 5.74) is 1.78. The topological polar surface area (TPSA) is 90.2 Å². The van der Waals surface area contributed by atoms with Crippen molar-refractivity contribution in [2.45, 2.75) is 13.3 Å². The monoisotopic (exact) mass is 327 g/mol. The minimum Gasteiger partial charge on any atom is -0.465 e. The molecule has 0 spiro atoms. The van der Waals surface area contributed by atoms with Gasteiger partial charge in [0.05, 0.1) is 24.6 Å². The lowest BCUT2D eigenvalue weighted by atomic mass is 10.0. The fourth-order valence-corrected chi connectivity index (χ4v) is 3.32. The molecule has 2 saturated heterocycles.